The average molecular weight is 235 g/mol. The minimum absolute atomic E-state index is 0.0562. The standard InChI is InChI=1S/C11H12N2O4/c14-11(15)10(13(16)17)5-7-6-12-9-4-2-1-3-8(7)9/h1-4,6,10,12,16-17H,5H2,(H,14,15)/p-1. The van der Waals surface area contributed by atoms with Crippen LogP contribution in [-0.2, 0) is 11.2 Å². The number of benzene rings is 1. The molecule has 2 aromatic rings. The maximum Gasteiger partial charge on any atom is 0.106 e. The molecule has 0 radical (unpaired) electrons. The van der Waals surface area contributed by atoms with Crippen molar-refractivity contribution in [1.82, 2.24) is 10.2 Å². The summed E-state index contributed by atoms with van der Waals surface area (Å²) in [6.07, 6.45) is 1.59. The number of hydroxylamine groups is 2. The predicted octanol–water partition coefficient (Wildman–Crippen LogP) is -0.0907. The number of aromatic nitrogens is 1. The van der Waals surface area contributed by atoms with Gasteiger partial charge < -0.3 is 14.9 Å². The summed E-state index contributed by atoms with van der Waals surface area (Å²) in [6.45, 7) is 0. The van der Waals surface area contributed by atoms with Gasteiger partial charge in [0.1, 0.15) is 6.04 Å². The molecule has 0 aliphatic carbocycles. The van der Waals surface area contributed by atoms with E-state index in [9.17, 15) is 9.90 Å². The van der Waals surface area contributed by atoms with Gasteiger partial charge in [0.2, 0.25) is 0 Å². The zero-order valence-corrected chi connectivity index (χ0v) is 8.83. The van der Waals surface area contributed by atoms with Gasteiger partial charge in [-0.2, -0.15) is 0 Å². The molecule has 6 heteroatoms. The number of carbonyl (C=O) groups is 1. The second-order valence-electron chi connectivity index (χ2n) is 3.72. The normalized spacial score (nSPS) is 13.1. The fourth-order valence-electron chi connectivity index (χ4n) is 1.77. The van der Waals surface area contributed by atoms with Gasteiger partial charge in [0, 0.05) is 23.5 Å². The van der Waals surface area contributed by atoms with Crippen LogP contribution in [0.2, 0.25) is 0 Å². The Hall–Kier alpha value is -1.89. The molecule has 1 heterocycles. The van der Waals surface area contributed by atoms with E-state index in [1.165, 1.54) is 0 Å². The zero-order valence-electron chi connectivity index (χ0n) is 8.83. The Morgan fingerprint density at radius 3 is 2.76 bits per heavy atom. The maximum absolute atomic E-state index is 10.7. The summed E-state index contributed by atoms with van der Waals surface area (Å²) in [7, 11) is 0. The van der Waals surface area contributed by atoms with Crippen LogP contribution in [0, 0.1) is 0 Å². The third-order valence-corrected chi connectivity index (χ3v) is 2.64. The van der Waals surface area contributed by atoms with Crippen LogP contribution >= 0.6 is 0 Å². The molecular weight excluding hydrogens is 224 g/mol. The van der Waals surface area contributed by atoms with Gasteiger partial charge in [-0.15, -0.1) is 0 Å². The van der Waals surface area contributed by atoms with Gasteiger partial charge in [-0.3, -0.25) is 10.4 Å². The second kappa shape index (κ2) is 4.54. The Morgan fingerprint density at radius 2 is 2.12 bits per heavy atom. The van der Waals surface area contributed by atoms with Crippen LogP contribution in [0.15, 0.2) is 30.5 Å². The van der Waals surface area contributed by atoms with Crippen molar-refractivity contribution in [3.63, 3.8) is 0 Å². The smallest absolute Gasteiger partial charge is 0.106 e. The lowest BCUT2D eigenvalue weighted by Gasteiger charge is -2.20. The van der Waals surface area contributed by atoms with Crippen LogP contribution in [0.5, 0.6) is 0 Å². The molecule has 0 saturated heterocycles. The van der Waals surface area contributed by atoms with Crippen molar-refractivity contribution in [1.29, 1.82) is 0 Å². The molecule has 1 atom stereocenters. The number of aromatic amines is 1. The Balaban J connectivity index is 2.31. The highest BCUT2D eigenvalue weighted by molar-refractivity contribution is 5.84. The van der Waals surface area contributed by atoms with Gasteiger partial charge in [-0.05, 0) is 11.6 Å². The van der Waals surface area contributed by atoms with Gasteiger partial charge >= 0.3 is 0 Å². The molecule has 1 unspecified atom stereocenters. The highest BCUT2D eigenvalue weighted by Crippen LogP contribution is 2.19. The molecule has 0 aliphatic rings. The van der Waals surface area contributed by atoms with Gasteiger partial charge in [0.05, 0.1) is 5.97 Å². The summed E-state index contributed by atoms with van der Waals surface area (Å²) in [5.41, 5.74) is 1.55. The van der Waals surface area contributed by atoms with Gasteiger partial charge in [-0.1, -0.05) is 23.4 Å². The van der Waals surface area contributed by atoms with Gasteiger partial charge in [0.15, 0.2) is 0 Å². The zero-order chi connectivity index (χ0) is 12.4. The maximum atomic E-state index is 10.7. The lowest BCUT2D eigenvalue weighted by Crippen LogP contribution is -2.46. The number of carbonyl (C=O) groups excluding carboxylic acids is 1. The molecular formula is C11H11N2O4-. The number of hydrogen-bond donors (Lipinski definition) is 3. The Bertz CT molecular complexity index is 535. The van der Waals surface area contributed by atoms with Crippen molar-refractivity contribution in [2.45, 2.75) is 12.5 Å². The van der Waals surface area contributed by atoms with Crippen LogP contribution in [0.3, 0.4) is 0 Å². The van der Waals surface area contributed by atoms with E-state index in [4.69, 9.17) is 10.4 Å². The van der Waals surface area contributed by atoms with Crippen LogP contribution in [-0.4, -0.2) is 32.6 Å². The number of nitrogens with zero attached hydrogens (tertiary/aromatic N) is 1. The van der Waals surface area contributed by atoms with E-state index in [1.54, 1.807) is 6.20 Å². The largest absolute Gasteiger partial charge is 0.548 e. The lowest BCUT2D eigenvalue weighted by atomic mass is 10.1. The third kappa shape index (κ3) is 2.28. The first-order valence-electron chi connectivity index (χ1n) is 5.02. The number of aliphatic carboxylic acids is 1. The first-order valence-corrected chi connectivity index (χ1v) is 5.02. The number of para-hydroxylation sites is 1. The Labute approximate surface area is 96.6 Å². The van der Waals surface area contributed by atoms with Crippen molar-refractivity contribution < 1.29 is 20.3 Å². The van der Waals surface area contributed by atoms with Crippen molar-refractivity contribution in [2.75, 3.05) is 0 Å². The molecule has 0 bridgehead atoms. The van der Waals surface area contributed by atoms with E-state index in [0.717, 1.165) is 10.9 Å². The SMILES string of the molecule is O=C([O-])C(Cc1c[nH]c2ccccc12)N(O)O. The Kier molecular flexibility index (Phi) is 3.10. The summed E-state index contributed by atoms with van der Waals surface area (Å²) < 4.78 is 0. The molecule has 2 rings (SSSR count). The number of nitrogens with one attached hydrogen (secondary N) is 1. The van der Waals surface area contributed by atoms with Crippen molar-refractivity contribution in [2.24, 2.45) is 0 Å². The van der Waals surface area contributed by atoms with Crippen LogP contribution < -0.4 is 5.11 Å². The molecule has 0 aliphatic heterocycles. The first-order chi connectivity index (χ1) is 8.09. The van der Waals surface area contributed by atoms with E-state index < -0.39 is 12.0 Å². The van der Waals surface area contributed by atoms with Gasteiger partial charge in [-0.25, -0.2) is 0 Å². The molecule has 1 aromatic heterocycles. The minimum atomic E-state index is -1.54. The lowest BCUT2D eigenvalue weighted by molar-refractivity contribution is -0.363. The molecule has 17 heavy (non-hydrogen) atoms. The van der Waals surface area contributed by atoms with Crippen molar-refractivity contribution in [3.05, 3.63) is 36.0 Å². The summed E-state index contributed by atoms with van der Waals surface area (Å²) >= 11 is 0. The third-order valence-electron chi connectivity index (χ3n) is 2.64. The molecule has 0 fully saturated rings. The van der Waals surface area contributed by atoms with Crippen molar-refractivity contribution in [3.8, 4) is 0 Å². The summed E-state index contributed by atoms with van der Waals surface area (Å²) in [4.78, 5) is 13.7. The van der Waals surface area contributed by atoms with Gasteiger partial charge in [0.25, 0.3) is 0 Å². The van der Waals surface area contributed by atoms with E-state index in [-0.39, 0.29) is 11.6 Å². The van der Waals surface area contributed by atoms with Crippen LogP contribution in [0.1, 0.15) is 5.56 Å². The van der Waals surface area contributed by atoms with Crippen molar-refractivity contribution >= 4 is 16.9 Å². The molecule has 0 amide bonds. The number of hydrogen-bond acceptors (Lipinski definition) is 5. The topological polar surface area (TPSA) is 99.6 Å². The summed E-state index contributed by atoms with van der Waals surface area (Å²) in [6, 6.07) is 5.86. The fraction of sp³-hybridized carbons (Fsp3) is 0.182. The molecule has 3 N–H and O–H groups in total. The number of rotatable bonds is 4. The fourth-order valence-corrected chi connectivity index (χ4v) is 1.77. The quantitative estimate of drug-likeness (QED) is 0.643. The molecule has 6 nitrogen and oxygen atoms in total. The number of fused-ring (bicyclic) bond motifs is 1. The van der Waals surface area contributed by atoms with Crippen LogP contribution in [0.25, 0.3) is 10.9 Å². The Morgan fingerprint density at radius 1 is 1.41 bits per heavy atom. The average Bonchev–Trinajstić information content (AvgIpc) is 2.68. The molecule has 0 spiro atoms. The number of H-pyrrole nitrogens is 1. The summed E-state index contributed by atoms with van der Waals surface area (Å²) in [5, 5.41) is 28.9. The number of carboxylic acids is 1. The highest BCUT2D eigenvalue weighted by Gasteiger charge is 2.18. The monoisotopic (exact) mass is 235 g/mol. The predicted molar refractivity (Wildman–Crippen MR) is 56.2 cm³/mol. The van der Waals surface area contributed by atoms with E-state index in [2.05, 4.69) is 4.98 Å². The molecule has 1 aromatic carbocycles. The first kappa shape index (κ1) is 11.6. The van der Waals surface area contributed by atoms with E-state index >= 15 is 0 Å². The van der Waals surface area contributed by atoms with E-state index in [0.29, 0.717) is 5.56 Å². The highest BCUT2D eigenvalue weighted by atomic mass is 16.8. The minimum Gasteiger partial charge on any atom is -0.548 e. The summed E-state index contributed by atoms with van der Waals surface area (Å²) in [5.74, 6) is -1.54. The molecule has 90 valence electrons. The molecule has 0 saturated carbocycles. The second-order valence-corrected chi connectivity index (χ2v) is 3.72. The number of carboxylic acid groups (broad SMARTS) is 1. The van der Waals surface area contributed by atoms with E-state index in [1.807, 2.05) is 24.3 Å². The van der Waals surface area contributed by atoms with Crippen LogP contribution in [0.4, 0.5) is 0 Å².